The van der Waals surface area contributed by atoms with E-state index in [9.17, 15) is 0 Å². The van der Waals surface area contributed by atoms with Crippen LogP contribution in [0.3, 0.4) is 0 Å². The zero-order chi connectivity index (χ0) is 49.7. The number of furan rings is 1. The number of para-hydroxylation sites is 2. The fourth-order valence-corrected chi connectivity index (χ4v) is 11.9. The monoisotopic (exact) mass is 955 g/mol. The van der Waals surface area contributed by atoms with Crippen LogP contribution in [0.2, 0.25) is 0 Å². The first kappa shape index (κ1) is 44.0. The highest BCUT2D eigenvalue weighted by molar-refractivity contribution is 6.09. The topological polar surface area (TPSA) is 16.4 Å². The van der Waals surface area contributed by atoms with E-state index in [1.54, 1.807) is 0 Å². The van der Waals surface area contributed by atoms with Crippen molar-refractivity contribution in [3.63, 3.8) is 0 Å². The van der Waals surface area contributed by atoms with Gasteiger partial charge in [0, 0.05) is 33.4 Å². The zero-order valence-electron chi connectivity index (χ0n) is 41.1. The van der Waals surface area contributed by atoms with E-state index in [0.29, 0.717) is 0 Å². The molecule has 14 rings (SSSR count). The quantitative estimate of drug-likeness (QED) is 0.136. The summed E-state index contributed by atoms with van der Waals surface area (Å²) in [4.78, 5) is 2.39. The predicted molar refractivity (Wildman–Crippen MR) is 313 cm³/mol. The van der Waals surface area contributed by atoms with Crippen LogP contribution >= 0.6 is 0 Å². The first-order chi connectivity index (χ1) is 37.2. The van der Waals surface area contributed by atoms with Gasteiger partial charge in [-0.05, 0) is 144 Å². The van der Waals surface area contributed by atoms with Crippen molar-refractivity contribution >= 4 is 39.0 Å². The van der Waals surface area contributed by atoms with Crippen LogP contribution < -0.4 is 4.90 Å². The molecular formula is C73H49NO. The number of hydrogen-bond donors (Lipinski definition) is 0. The first-order valence-electron chi connectivity index (χ1n) is 25.8. The van der Waals surface area contributed by atoms with Crippen molar-refractivity contribution in [3.8, 4) is 66.8 Å². The van der Waals surface area contributed by atoms with Gasteiger partial charge in [-0.2, -0.15) is 0 Å². The summed E-state index contributed by atoms with van der Waals surface area (Å²) in [6, 6.07) is 108. The number of rotatable bonds is 10. The lowest BCUT2D eigenvalue weighted by Gasteiger charge is -2.34. The lowest BCUT2D eigenvalue weighted by molar-refractivity contribution is 0.670. The minimum atomic E-state index is -0.493. The standard InChI is InChI=1S/C73H49NO/c1-5-20-50(21-6-1)55-46-56(51-22-7-2-8-23-51)48-57(47-55)52-38-42-60(43-39-52)74(61-44-40-53(41-45-61)64-33-18-34-66-65-30-14-16-37-70(65)75-72(64)66)62-29-17-24-54(49-62)63-32-19-36-69-71(63)67-31-13-15-35-68(67)73(69,58-25-9-3-10-26-58)59-27-11-4-12-28-59/h1-49H. The van der Waals surface area contributed by atoms with E-state index < -0.39 is 5.41 Å². The second kappa shape index (κ2) is 18.4. The maximum Gasteiger partial charge on any atom is 0.143 e. The van der Waals surface area contributed by atoms with Crippen LogP contribution in [-0.2, 0) is 5.41 Å². The molecule has 0 amide bonds. The second-order valence-corrected chi connectivity index (χ2v) is 19.5. The Morgan fingerprint density at radius 3 is 1.36 bits per heavy atom. The van der Waals surface area contributed by atoms with E-state index in [0.717, 1.165) is 61.3 Å². The van der Waals surface area contributed by atoms with E-state index >= 15 is 0 Å². The molecule has 0 radical (unpaired) electrons. The minimum Gasteiger partial charge on any atom is -0.455 e. The van der Waals surface area contributed by atoms with Crippen molar-refractivity contribution in [1.82, 2.24) is 0 Å². The summed E-state index contributed by atoms with van der Waals surface area (Å²) in [7, 11) is 0. The van der Waals surface area contributed by atoms with Crippen LogP contribution in [0.15, 0.2) is 302 Å². The molecule has 13 aromatic rings. The van der Waals surface area contributed by atoms with Gasteiger partial charge in [0.25, 0.3) is 0 Å². The van der Waals surface area contributed by atoms with E-state index in [1.807, 2.05) is 12.1 Å². The molecule has 0 saturated carbocycles. The van der Waals surface area contributed by atoms with E-state index in [2.05, 4.69) is 290 Å². The molecule has 1 aliphatic carbocycles. The van der Waals surface area contributed by atoms with Crippen molar-refractivity contribution in [2.24, 2.45) is 0 Å². The van der Waals surface area contributed by atoms with Gasteiger partial charge < -0.3 is 9.32 Å². The Morgan fingerprint density at radius 2 is 0.720 bits per heavy atom. The highest BCUT2D eigenvalue weighted by Crippen LogP contribution is 2.58. The Kier molecular flexibility index (Phi) is 10.8. The van der Waals surface area contributed by atoms with Gasteiger partial charge >= 0.3 is 0 Å². The Hall–Kier alpha value is -9.76. The predicted octanol–water partition coefficient (Wildman–Crippen LogP) is 19.8. The van der Waals surface area contributed by atoms with E-state index in [1.165, 1.54) is 66.8 Å². The van der Waals surface area contributed by atoms with Crippen molar-refractivity contribution in [1.29, 1.82) is 0 Å². The molecule has 2 nitrogen and oxygen atoms in total. The normalized spacial score (nSPS) is 12.4. The molecule has 1 aromatic heterocycles. The van der Waals surface area contributed by atoms with Crippen LogP contribution in [-0.4, -0.2) is 0 Å². The summed E-state index contributed by atoms with van der Waals surface area (Å²) < 4.78 is 6.53. The smallest absolute Gasteiger partial charge is 0.143 e. The second-order valence-electron chi connectivity index (χ2n) is 19.5. The summed E-state index contributed by atoms with van der Waals surface area (Å²) in [5, 5.41) is 2.25. The Bertz CT molecular complexity index is 4100. The van der Waals surface area contributed by atoms with Gasteiger partial charge in [0.2, 0.25) is 0 Å². The SMILES string of the molecule is c1ccc(-c2cc(-c3ccccc3)cc(-c3ccc(N(c4ccc(-c5cccc6c5oc5ccccc56)cc4)c4cccc(-c5cccc6c5-c5ccccc5C6(c5ccccc5)c5ccccc5)c4)cc3)c2)cc1. The molecule has 2 heteroatoms. The summed E-state index contributed by atoms with van der Waals surface area (Å²) in [6.45, 7) is 0. The Balaban J connectivity index is 0.916. The van der Waals surface area contributed by atoms with Gasteiger partial charge in [-0.3, -0.25) is 0 Å². The molecule has 0 saturated heterocycles. The fourth-order valence-electron chi connectivity index (χ4n) is 11.9. The van der Waals surface area contributed by atoms with Gasteiger partial charge in [-0.15, -0.1) is 0 Å². The van der Waals surface area contributed by atoms with Crippen molar-refractivity contribution in [2.45, 2.75) is 5.41 Å². The van der Waals surface area contributed by atoms with Crippen LogP contribution in [0, 0.1) is 0 Å². The van der Waals surface area contributed by atoms with Gasteiger partial charge in [0.05, 0.1) is 5.41 Å². The third kappa shape index (κ3) is 7.49. The Labute approximate surface area is 437 Å². The lowest BCUT2D eigenvalue weighted by atomic mass is 9.67. The minimum absolute atomic E-state index is 0.493. The van der Waals surface area contributed by atoms with E-state index in [4.69, 9.17) is 4.42 Å². The third-order valence-electron chi connectivity index (χ3n) is 15.3. The molecule has 75 heavy (non-hydrogen) atoms. The fraction of sp³-hybridized carbons (Fsp3) is 0.0137. The molecule has 0 spiro atoms. The first-order valence-corrected chi connectivity index (χ1v) is 25.8. The highest BCUT2D eigenvalue weighted by Gasteiger charge is 2.46. The van der Waals surface area contributed by atoms with Gasteiger partial charge in [0.1, 0.15) is 11.2 Å². The molecule has 0 N–H and O–H groups in total. The third-order valence-corrected chi connectivity index (χ3v) is 15.3. The molecule has 0 bridgehead atoms. The van der Waals surface area contributed by atoms with Crippen LogP contribution in [0.4, 0.5) is 17.1 Å². The molecule has 0 aliphatic heterocycles. The maximum atomic E-state index is 6.53. The summed E-state index contributed by atoms with van der Waals surface area (Å²) in [5.41, 5.74) is 23.7. The molecule has 12 aromatic carbocycles. The number of benzene rings is 12. The van der Waals surface area contributed by atoms with Gasteiger partial charge in [-0.1, -0.05) is 237 Å². The van der Waals surface area contributed by atoms with Crippen molar-refractivity contribution in [3.05, 3.63) is 320 Å². The average Bonchev–Trinajstić information content (AvgIpc) is 4.05. The molecule has 1 heterocycles. The summed E-state index contributed by atoms with van der Waals surface area (Å²) >= 11 is 0. The van der Waals surface area contributed by atoms with Crippen LogP contribution in [0.5, 0.6) is 0 Å². The number of nitrogens with zero attached hydrogens (tertiary/aromatic N) is 1. The molecule has 0 unspecified atom stereocenters. The van der Waals surface area contributed by atoms with E-state index in [-0.39, 0.29) is 0 Å². The maximum absolute atomic E-state index is 6.53. The number of fused-ring (bicyclic) bond motifs is 6. The Morgan fingerprint density at radius 1 is 0.267 bits per heavy atom. The lowest BCUT2D eigenvalue weighted by Crippen LogP contribution is -2.28. The highest BCUT2D eigenvalue weighted by atomic mass is 16.3. The number of anilines is 3. The van der Waals surface area contributed by atoms with Crippen molar-refractivity contribution < 1.29 is 4.42 Å². The molecule has 1 aliphatic rings. The summed E-state index contributed by atoms with van der Waals surface area (Å²) in [5.74, 6) is 0. The molecule has 0 fully saturated rings. The summed E-state index contributed by atoms with van der Waals surface area (Å²) in [6.07, 6.45) is 0. The van der Waals surface area contributed by atoms with Crippen LogP contribution in [0.1, 0.15) is 22.3 Å². The van der Waals surface area contributed by atoms with Gasteiger partial charge in [-0.25, -0.2) is 0 Å². The number of hydrogen-bond acceptors (Lipinski definition) is 2. The van der Waals surface area contributed by atoms with Crippen molar-refractivity contribution in [2.75, 3.05) is 4.90 Å². The molecule has 0 atom stereocenters. The zero-order valence-corrected chi connectivity index (χ0v) is 41.1. The molecule has 352 valence electrons. The van der Waals surface area contributed by atoms with Gasteiger partial charge in [0.15, 0.2) is 0 Å². The molecular weight excluding hydrogens is 907 g/mol. The largest absolute Gasteiger partial charge is 0.455 e. The van der Waals surface area contributed by atoms with Crippen LogP contribution in [0.25, 0.3) is 88.7 Å². The average molecular weight is 956 g/mol.